The second-order valence-electron chi connectivity index (χ2n) is 6.45. The van der Waals surface area contributed by atoms with E-state index in [1.54, 1.807) is 6.07 Å². The van der Waals surface area contributed by atoms with Crippen LogP contribution in [0.4, 0.5) is 11.4 Å². The zero-order chi connectivity index (χ0) is 16.5. The van der Waals surface area contributed by atoms with Crippen molar-refractivity contribution in [2.45, 2.75) is 32.2 Å². The molecule has 120 valence electrons. The van der Waals surface area contributed by atoms with Crippen molar-refractivity contribution in [3.8, 4) is 6.07 Å². The van der Waals surface area contributed by atoms with Crippen molar-refractivity contribution in [3.05, 3.63) is 58.7 Å². The number of carbonyl (C=O) groups excluding carboxylic acids is 1. The Morgan fingerprint density at radius 1 is 1.12 bits per heavy atom. The summed E-state index contributed by atoms with van der Waals surface area (Å²) < 4.78 is 0. The zero-order valence-corrected chi connectivity index (χ0v) is 13.5. The summed E-state index contributed by atoms with van der Waals surface area (Å²) in [6.45, 7) is 0.747. The number of carbonyl (C=O) groups is 1. The first kappa shape index (κ1) is 14.8. The van der Waals surface area contributed by atoms with Crippen LogP contribution in [0.25, 0.3) is 0 Å². The van der Waals surface area contributed by atoms with Gasteiger partial charge in [0.1, 0.15) is 0 Å². The second kappa shape index (κ2) is 6.01. The SMILES string of the molecule is N#Cc1ccccc1CN1C(=O)CNc2cc3c(cc21)CCCC3. The average Bonchev–Trinajstić information content (AvgIpc) is 2.63. The van der Waals surface area contributed by atoms with Crippen molar-refractivity contribution >= 4 is 17.3 Å². The summed E-state index contributed by atoms with van der Waals surface area (Å²) in [6, 6.07) is 14.1. The lowest BCUT2D eigenvalue weighted by molar-refractivity contribution is -0.117. The normalized spacial score (nSPS) is 16.0. The molecule has 2 aliphatic rings. The van der Waals surface area contributed by atoms with E-state index in [1.807, 2.05) is 23.1 Å². The largest absolute Gasteiger partial charge is 0.374 e. The van der Waals surface area contributed by atoms with Gasteiger partial charge in [-0.1, -0.05) is 18.2 Å². The summed E-state index contributed by atoms with van der Waals surface area (Å²) in [7, 11) is 0. The van der Waals surface area contributed by atoms with Crippen LogP contribution in [-0.4, -0.2) is 12.5 Å². The summed E-state index contributed by atoms with van der Waals surface area (Å²) in [5.74, 6) is 0.0472. The van der Waals surface area contributed by atoms with Gasteiger partial charge < -0.3 is 10.2 Å². The van der Waals surface area contributed by atoms with Crippen LogP contribution >= 0.6 is 0 Å². The molecule has 0 fully saturated rings. The highest BCUT2D eigenvalue weighted by Crippen LogP contribution is 2.36. The van der Waals surface area contributed by atoms with Gasteiger partial charge in [-0.25, -0.2) is 0 Å². The van der Waals surface area contributed by atoms with Crippen molar-refractivity contribution in [2.75, 3.05) is 16.8 Å². The van der Waals surface area contributed by atoms with Crippen LogP contribution in [0.1, 0.15) is 35.1 Å². The van der Waals surface area contributed by atoms with E-state index in [1.165, 1.54) is 24.0 Å². The first-order chi connectivity index (χ1) is 11.8. The fraction of sp³-hybridized carbons (Fsp3) is 0.300. The summed E-state index contributed by atoms with van der Waals surface area (Å²) in [6.07, 6.45) is 4.66. The molecule has 0 radical (unpaired) electrons. The molecule has 0 spiro atoms. The van der Waals surface area contributed by atoms with Gasteiger partial charge in [0, 0.05) is 0 Å². The third-order valence-corrected chi connectivity index (χ3v) is 4.95. The Labute approximate surface area is 141 Å². The summed E-state index contributed by atoms with van der Waals surface area (Å²) in [5.41, 5.74) is 6.25. The number of anilines is 2. The smallest absolute Gasteiger partial charge is 0.246 e. The van der Waals surface area contributed by atoms with Crippen LogP contribution in [-0.2, 0) is 24.2 Å². The molecular weight excluding hydrogens is 298 g/mol. The van der Waals surface area contributed by atoms with E-state index in [9.17, 15) is 10.1 Å². The fourth-order valence-electron chi connectivity index (χ4n) is 3.65. The highest BCUT2D eigenvalue weighted by Gasteiger charge is 2.26. The van der Waals surface area contributed by atoms with Gasteiger partial charge in [-0.3, -0.25) is 4.79 Å². The van der Waals surface area contributed by atoms with Crippen LogP contribution in [0, 0.1) is 11.3 Å². The molecule has 4 rings (SSSR count). The zero-order valence-electron chi connectivity index (χ0n) is 13.5. The van der Waals surface area contributed by atoms with Gasteiger partial charge in [0.2, 0.25) is 5.91 Å². The molecule has 0 bridgehead atoms. The number of amides is 1. The molecule has 0 atom stereocenters. The minimum Gasteiger partial charge on any atom is -0.374 e. The topological polar surface area (TPSA) is 56.1 Å². The highest BCUT2D eigenvalue weighted by atomic mass is 16.2. The van der Waals surface area contributed by atoms with Crippen LogP contribution in [0.5, 0.6) is 0 Å². The second-order valence-corrected chi connectivity index (χ2v) is 6.45. The van der Waals surface area contributed by atoms with Crippen LogP contribution in [0.3, 0.4) is 0 Å². The molecule has 1 aliphatic heterocycles. The first-order valence-electron chi connectivity index (χ1n) is 8.44. The van der Waals surface area contributed by atoms with E-state index in [4.69, 9.17) is 0 Å². The van der Waals surface area contributed by atoms with Gasteiger partial charge in [0.05, 0.1) is 36.1 Å². The molecular formula is C20H19N3O. The predicted molar refractivity (Wildman–Crippen MR) is 93.9 cm³/mol. The molecule has 0 unspecified atom stereocenters. The molecule has 0 saturated carbocycles. The minimum atomic E-state index is 0.0472. The Hall–Kier alpha value is -2.80. The average molecular weight is 317 g/mol. The molecule has 0 aromatic heterocycles. The first-order valence-corrected chi connectivity index (χ1v) is 8.44. The number of benzene rings is 2. The van der Waals surface area contributed by atoms with Crippen LogP contribution < -0.4 is 10.2 Å². The molecule has 1 amide bonds. The number of fused-ring (bicyclic) bond motifs is 2. The quantitative estimate of drug-likeness (QED) is 0.923. The number of nitrogens with zero attached hydrogens (tertiary/aromatic N) is 2. The van der Waals surface area contributed by atoms with Gasteiger partial charge in [-0.2, -0.15) is 5.26 Å². The van der Waals surface area contributed by atoms with E-state index in [2.05, 4.69) is 23.5 Å². The molecule has 1 aliphatic carbocycles. The monoisotopic (exact) mass is 317 g/mol. The van der Waals surface area contributed by atoms with E-state index < -0.39 is 0 Å². The van der Waals surface area contributed by atoms with Gasteiger partial charge in [0.25, 0.3) is 0 Å². The van der Waals surface area contributed by atoms with E-state index in [-0.39, 0.29) is 5.91 Å². The van der Waals surface area contributed by atoms with E-state index >= 15 is 0 Å². The molecule has 1 heterocycles. The number of nitrogens with one attached hydrogen (secondary N) is 1. The van der Waals surface area contributed by atoms with Gasteiger partial charge in [0.15, 0.2) is 0 Å². The number of nitriles is 1. The third-order valence-electron chi connectivity index (χ3n) is 4.95. The summed E-state index contributed by atoms with van der Waals surface area (Å²) in [4.78, 5) is 14.3. The minimum absolute atomic E-state index is 0.0472. The Balaban J connectivity index is 1.74. The van der Waals surface area contributed by atoms with Crippen LogP contribution in [0.2, 0.25) is 0 Å². The predicted octanol–water partition coefficient (Wildman–Crippen LogP) is 3.40. The molecule has 2 aromatic carbocycles. The Morgan fingerprint density at radius 3 is 2.67 bits per heavy atom. The lowest BCUT2D eigenvalue weighted by atomic mass is 9.90. The molecule has 24 heavy (non-hydrogen) atoms. The number of aryl methyl sites for hydroxylation is 2. The van der Waals surface area contributed by atoms with Crippen molar-refractivity contribution in [3.63, 3.8) is 0 Å². The molecule has 4 nitrogen and oxygen atoms in total. The fourth-order valence-corrected chi connectivity index (χ4v) is 3.65. The molecule has 2 aromatic rings. The Bertz CT molecular complexity index is 850. The summed E-state index contributed by atoms with van der Waals surface area (Å²) >= 11 is 0. The maximum Gasteiger partial charge on any atom is 0.246 e. The Morgan fingerprint density at radius 2 is 1.88 bits per heavy atom. The maximum atomic E-state index is 12.5. The van der Waals surface area contributed by atoms with E-state index in [0.717, 1.165) is 29.8 Å². The molecule has 4 heteroatoms. The van der Waals surface area contributed by atoms with Crippen molar-refractivity contribution < 1.29 is 4.79 Å². The summed E-state index contributed by atoms with van der Waals surface area (Å²) in [5, 5.41) is 12.6. The third kappa shape index (κ3) is 2.52. The molecule has 1 N–H and O–H groups in total. The number of hydrogen-bond donors (Lipinski definition) is 1. The van der Waals surface area contributed by atoms with Gasteiger partial charge in [-0.15, -0.1) is 0 Å². The number of hydrogen-bond acceptors (Lipinski definition) is 3. The van der Waals surface area contributed by atoms with Gasteiger partial charge in [-0.05, 0) is 60.6 Å². The Kier molecular flexibility index (Phi) is 3.70. The standard InChI is InChI=1S/C20H19N3O/c21-11-16-7-3-4-8-17(16)13-23-19-10-15-6-2-1-5-14(15)9-18(19)22-12-20(23)24/h3-4,7-10,22H,1-2,5-6,12-13H2. The van der Waals surface area contributed by atoms with Crippen LogP contribution in [0.15, 0.2) is 36.4 Å². The van der Waals surface area contributed by atoms with Gasteiger partial charge >= 0.3 is 0 Å². The van der Waals surface area contributed by atoms with Crippen molar-refractivity contribution in [1.82, 2.24) is 0 Å². The highest BCUT2D eigenvalue weighted by molar-refractivity contribution is 6.02. The van der Waals surface area contributed by atoms with Crippen molar-refractivity contribution in [1.29, 1.82) is 5.26 Å². The number of rotatable bonds is 2. The van der Waals surface area contributed by atoms with E-state index in [0.29, 0.717) is 18.7 Å². The molecule has 0 saturated heterocycles. The lowest BCUT2D eigenvalue weighted by Gasteiger charge is -2.32. The van der Waals surface area contributed by atoms with Crippen molar-refractivity contribution in [2.24, 2.45) is 0 Å². The lowest BCUT2D eigenvalue weighted by Crippen LogP contribution is -2.39. The maximum absolute atomic E-state index is 12.5.